The summed E-state index contributed by atoms with van der Waals surface area (Å²) in [5.74, 6) is 0.702. The van der Waals surface area contributed by atoms with E-state index in [0.717, 1.165) is 26.6 Å². The van der Waals surface area contributed by atoms with Crippen molar-refractivity contribution in [3.8, 4) is 0 Å². The van der Waals surface area contributed by atoms with Crippen molar-refractivity contribution < 1.29 is 4.74 Å². The van der Waals surface area contributed by atoms with Gasteiger partial charge in [0.2, 0.25) is 5.95 Å². The van der Waals surface area contributed by atoms with Crippen LogP contribution in [0.25, 0.3) is 10.9 Å². The second kappa shape index (κ2) is 5.61. The molecule has 1 fully saturated rings. The van der Waals surface area contributed by atoms with Crippen molar-refractivity contribution in [2.75, 3.05) is 31.2 Å². The number of halogens is 2. The van der Waals surface area contributed by atoms with E-state index in [2.05, 4.69) is 48.4 Å². The molecule has 3 rings (SSSR count). The first-order chi connectivity index (χ1) is 9.58. The number of rotatable bonds is 1. The Kier molecular flexibility index (Phi) is 4.00. The van der Waals surface area contributed by atoms with Gasteiger partial charge in [0.15, 0.2) is 0 Å². The van der Waals surface area contributed by atoms with Gasteiger partial charge < -0.3 is 9.64 Å². The summed E-state index contributed by atoms with van der Waals surface area (Å²) in [7, 11) is 1.77. The van der Waals surface area contributed by atoms with E-state index in [1.807, 2.05) is 12.1 Å². The Bertz CT molecular complexity index is 726. The average Bonchev–Trinajstić information content (AvgIpc) is 2.44. The molecule has 0 bridgehead atoms. The predicted octanol–water partition coefficient (Wildman–Crippen LogP) is 2.14. The lowest BCUT2D eigenvalue weighted by Crippen LogP contribution is -2.40. The number of aromatic nitrogens is 2. The van der Waals surface area contributed by atoms with E-state index in [9.17, 15) is 4.79 Å². The lowest BCUT2D eigenvalue weighted by molar-refractivity contribution is 0.121. The van der Waals surface area contributed by atoms with E-state index < -0.39 is 0 Å². The molecular weight excluding hydrogens is 437 g/mol. The van der Waals surface area contributed by atoms with Crippen molar-refractivity contribution in [2.45, 2.75) is 0 Å². The second-order valence-corrected chi connectivity index (χ2v) is 6.76. The molecule has 1 aliphatic rings. The van der Waals surface area contributed by atoms with Crippen LogP contribution >= 0.6 is 38.5 Å². The van der Waals surface area contributed by atoms with Crippen LogP contribution in [0, 0.1) is 3.57 Å². The standard InChI is InChI=1S/C13H13BrIN3O2/c1-17-12(19)9-6-8(15)7-10(14)11(9)16-13(17)18-2-4-20-5-3-18/h6-7H,2-5H2,1H3. The first-order valence-electron chi connectivity index (χ1n) is 6.26. The van der Waals surface area contributed by atoms with Gasteiger partial charge in [-0.25, -0.2) is 4.98 Å². The molecule has 7 heteroatoms. The fraction of sp³-hybridized carbons (Fsp3) is 0.385. The molecule has 0 amide bonds. The van der Waals surface area contributed by atoms with Crippen molar-refractivity contribution in [3.05, 3.63) is 30.5 Å². The average molecular weight is 450 g/mol. The second-order valence-electron chi connectivity index (χ2n) is 4.66. The summed E-state index contributed by atoms with van der Waals surface area (Å²) in [6, 6.07) is 3.84. The van der Waals surface area contributed by atoms with Crippen LogP contribution in [0.4, 0.5) is 5.95 Å². The minimum atomic E-state index is -0.0179. The molecular formula is C13H13BrIN3O2. The first-order valence-corrected chi connectivity index (χ1v) is 8.13. The summed E-state index contributed by atoms with van der Waals surface area (Å²) in [6.07, 6.45) is 0. The maximum Gasteiger partial charge on any atom is 0.262 e. The number of anilines is 1. The number of benzene rings is 1. The molecule has 0 aliphatic carbocycles. The van der Waals surface area contributed by atoms with Gasteiger partial charge in [0, 0.05) is 28.2 Å². The first kappa shape index (κ1) is 14.3. The van der Waals surface area contributed by atoms with Crippen LogP contribution in [0.3, 0.4) is 0 Å². The number of fused-ring (bicyclic) bond motifs is 1. The maximum atomic E-state index is 12.5. The van der Waals surface area contributed by atoms with E-state index in [1.54, 1.807) is 11.6 Å². The van der Waals surface area contributed by atoms with Crippen LogP contribution in [0.1, 0.15) is 0 Å². The van der Waals surface area contributed by atoms with Crippen LogP contribution in [0.2, 0.25) is 0 Å². The Hall–Kier alpha value is -0.670. The van der Waals surface area contributed by atoms with Gasteiger partial charge >= 0.3 is 0 Å². The van der Waals surface area contributed by atoms with E-state index in [0.29, 0.717) is 24.5 Å². The monoisotopic (exact) mass is 449 g/mol. The lowest BCUT2D eigenvalue weighted by atomic mass is 10.2. The molecule has 2 aromatic rings. The molecule has 1 saturated heterocycles. The van der Waals surface area contributed by atoms with Crippen LogP contribution in [-0.2, 0) is 11.8 Å². The van der Waals surface area contributed by atoms with Crippen molar-refractivity contribution in [1.29, 1.82) is 0 Å². The fourth-order valence-corrected chi connectivity index (χ4v) is 3.93. The number of nitrogens with zero attached hydrogens (tertiary/aromatic N) is 3. The van der Waals surface area contributed by atoms with Crippen LogP contribution in [0.5, 0.6) is 0 Å². The quantitative estimate of drug-likeness (QED) is 0.626. The lowest BCUT2D eigenvalue weighted by Gasteiger charge is -2.29. The van der Waals surface area contributed by atoms with Gasteiger partial charge in [-0.3, -0.25) is 9.36 Å². The number of hydrogen-bond acceptors (Lipinski definition) is 4. The van der Waals surface area contributed by atoms with E-state index in [1.165, 1.54) is 0 Å². The van der Waals surface area contributed by atoms with Crippen LogP contribution in [0.15, 0.2) is 21.4 Å². The smallest absolute Gasteiger partial charge is 0.262 e. The van der Waals surface area contributed by atoms with Gasteiger partial charge in [-0.1, -0.05) is 0 Å². The molecule has 0 atom stereocenters. The molecule has 20 heavy (non-hydrogen) atoms. The molecule has 1 aromatic heterocycles. The van der Waals surface area contributed by atoms with Gasteiger partial charge in [0.1, 0.15) is 0 Å². The molecule has 0 unspecified atom stereocenters. The van der Waals surface area contributed by atoms with Gasteiger partial charge in [0.05, 0.1) is 24.1 Å². The van der Waals surface area contributed by atoms with Crippen molar-refractivity contribution >= 4 is 55.4 Å². The molecule has 5 nitrogen and oxygen atoms in total. The maximum absolute atomic E-state index is 12.5. The van der Waals surface area contributed by atoms with Crippen molar-refractivity contribution in [2.24, 2.45) is 7.05 Å². The highest BCUT2D eigenvalue weighted by atomic mass is 127. The zero-order valence-electron chi connectivity index (χ0n) is 10.9. The third-order valence-electron chi connectivity index (χ3n) is 3.37. The number of hydrogen-bond donors (Lipinski definition) is 0. The summed E-state index contributed by atoms with van der Waals surface area (Å²) in [6.45, 7) is 2.85. The van der Waals surface area contributed by atoms with Crippen molar-refractivity contribution in [1.82, 2.24) is 9.55 Å². The number of ether oxygens (including phenoxy) is 1. The van der Waals surface area contributed by atoms with Gasteiger partial charge in [-0.05, 0) is 50.7 Å². The largest absolute Gasteiger partial charge is 0.378 e. The fourth-order valence-electron chi connectivity index (χ4n) is 2.34. The van der Waals surface area contributed by atoms with Gasteiger partial charge in [-0.15, -0.1) is 0 Å². The summed E-state index contributed by atoms with van der Waals surface area (Å²) >= 11 is 5.71. The SMILES string of the molecule is Cn1c(N2CCOCC2)nc2c(Br)cc(I)cc2c1=O. The zero-order chi connectivity index (χ0) is 14.3. The summed E-state index contributed by atoms with van der Waals surface area (Å²) < 4.78 is 8.84. The Labute approximate surface area is 138 Å². The van der Waals surface area contributed by atoms with Crippen LogP contribution < -0.4 is 10.5 Å². The normalized spacial score (nSPS) is 15.8. The Morgan fingerprint density at radius 2 is 2.05 bits per heavy atom. The van der Waals surface area contributed by atoms with E-state index >= 15 is 0 Å². The molecule has 1 aliphatic heterocycles. The minimum absolute atomic E-state index is 0.0179. The molecule has 0 N–H and O–H groups in total. The van der Waals surface area contributed by atoms with Crippen LogP contribution in [-0.4, -0.2) is 35.9 Å². The van der Waals surface area contributed by atoms with E-state index in [4.69, 9.17) is 4.74 Å². The van der Waals surface area contributed by atoms with E-state index in [-0.39, 0.29) is 5.56 Å². The third kappa shape index (κ3) is 2.46. The summed E-state index contributed by atoms with van der Waals surface area (Å²) in [5.41, 5.74) is 0.700. The Balaban J connectivity index is 2.24. The zero-order valence-corrected chi connectivity index (χ0v) is 14.6. The Morgan fingerprint density at radius 3 is 2.75 bits per heavy atom. The van der Waals surface area contributed by atoms with Gasteiger partial charge in [0.25, 0.3) is 5.56 Å². The highest BCUT2D eigenvalue weighted by Gasteiger charge is 2.18. The molecule has 0 radical (unpaired) electrons. The van der Waals surface area contributed by atoms with Gasteiger partial charge in [-0.2, -0.15) is 0 Å². The minimum Gasteiger partial charge on any atom is -0.378 e. The molecule has 1 aromatic carbocycles. The molecule has 106 valence electrons. The summed E-state index contributed by atoms with van der Waals surface area (Å²) in [5, 5.41) is 0.642. The molecule has 0 spiro atoms. The predicted molar refractivity (Wildman–Crippen MR) is 90.4 cm³/mol. The number of morpholine rings is 1. The molecule has 0 saturated carbocycles. The Morgan fingerprint density at radius 1 is 1.35 bits per heavy atom. The topological polar surface area (TPSA) is 47.4 Å². The third-order valence-corrected chi connectivity index (χ3v) is 4.60. The summed E-state index contributed by atoms with van der Waals surface area (Å²) in [4.78, 5) is 19.3. The highest BCUT2D eigenvalue weighted by molar-refractivity contribution is 14.1. The highest BCUT2D eigenvalue weighted by Crippen LogP contribution is 2.25. The molecule has 2 heterocycles. The van der Waals surface area contributed by atoms with Crippen molar-refractivity contribution in [3.63, 3.8) is 0 Å².